The van der Waals surface area contributed by atoms with Crippen LogP contribution in [0.3, 0.4) is 0 Å². The van der Waals surface area contributed by atoms with Gasteiger partial charge in [0, 0.05) is 0 Å². The van der Waals surface area contributed by atoms with Gasteiger partial charge in [0.1, 0.15) is 0 Å². The number of hydrogen-bond acceptors (Lipinski definition) is 2. The van der Waals surface area contributed by atoms with Crippen LogP contribution in [0.2, 0.25) is 0 Å². The van der Waals surface area contributed by atoms with Crippen molar-refractivity contribution in [2.75, 3.05) is 0 Å². The zero-order chi connectivity index (χ0) is 9.61. The molecule has 4 nitrogen and oxygen atoms in total. The molecule has 0 bridgehead atoms. The second-order valence-corrected chi connectivity index (χ2v) is 3.00. The molecule has 6 heteroatoms. The van der Waals surface area contributed by atoms with Gasteiger partial charge in [-0.25, -0.2) is 0 Å². The van der Waals surface area contributed by atoms with Gasteiger partial charge in [-0.15, -0.1) is 0 Å². The summed E-state index contributed by atoms with van der Waals surface area (Å²) in [6.07, 6.45) is 0. The van der Waals surface area contributed by atoms with Gasteiger partial charge in [0.25, 0.3) is 0 Å². The Morgan fingerprint density at radius 2 is 1.38 bits per heavy atom. The van der Waals surface area contributed by atoms with E-state index in [9.17, 15) is 0 Å². The molecule has 0 saturated carbocycles. The van der Waals surface area contributed by atoms with Crippen molar-refractivity contribution in [3.63, 3.8) is 0 Å². The van der Waals surface area contributed by atoms with Crippen LogP contribution in [-0.4, -0.2) is 68.9 Å². The molecule has 0 heterocycles. The Kier molecular flexibility index (Phi) is 10.0. The molecule has 0 saturated heterocycles. The van der Waals surface area contributed by atoms with E-state index in [1.165, 1.54) is 5.56 Å². The molecule has 0 aliphatic rings. The molecule has 0 aliphatic carbocycles. The normalized spacial score (nSPS) is 9.15. The third-order valence-corrected chi connectivity index (χ3v) is 0.940. The molecular formula is C7H11KO4S. The van der Waals surface area contributed by atoms with E-state index in [-0.39, 0.29) is 51.4 Å². The number of aryl methyl sites for hydroxylation is 1. The Labute approximate surface area is 120 Å². The van der Waals surface area contributed by atoms with Crippen molar-refractivity contribution in [1.82, 2.24) is 0 Å². The van der Waals surface area contributed by atoms with Crippen LogP contribution in [0.5, 0.6) is 0 Å². The van der Waals surface area contributed by atoms with Crippen LogP contribution in [0.25, 0.3) is 0 Å². The van der Waals surface area contributed by atoms with E-state index in [4.69, 9.17) is 17.5 Å². The second kappa shape index (κ2) is 8.07. The van der Waals surface area contributed by atoms with E-state index < -0.39 is 10.4 Å². The maximum atomic E-state index is 8.74. The number of benzene rings is 1. The van der Waals surface area contributed by atoms with E-state index >= 15 is 0 Å². The average Bonchev–Trinajstić information content (AvgIpc) is 1.85. The topological polar surface area (TPSA) is 74.6 Å². The van der Waals surface area contributed by atoms with Crippen molar-refractivity contribution >= 4 is 61.8 Å². The Balaban J connectivity index is 0. The molecule has 13 heavy (non-hydrogen) atoms. The fourth-order valence-electron chi connectivity index (χ4n) is 0.534. The van der Waals surface area contributed by atoms with Gasteiger partial charge in [0.2, 0.25) is 0 Å². The zero-order valence-corrected chi connectivity index (χ0v) is 7.32. The van der Waals surface area contributed by atoms with Gasteiger partial charge in [-0.05, 0) is 6.92 Å². The van der Waals surface area contributed by atoms with Crippen LogP contribution in [0, 0.1) is 6.92 Å². The summed E-state index contributed by atoms with van der Waals surface area (Å²) in [5.74, 6) is 0. The predicted molar refractivity (Wildman–Crippen MR) is 52.5 cm³/mol. The Bertz CT molecular complexity index is 301. The molecule has 1 aromatic rings. The first-order chi connectivity index (χ1) is 5.39. The van der Waals surface area contributed by atoms with Crippen molar-refractivity contribution < 1.29 is 17.5 Å². The zero-order valence-electron chi connectivity index (χ0n) is 6.51. The molecule has 0 aliphatic heterocycles. The van der Waals surface area contributed by atoms with Gasteiger partial charge in [-0.2, -0.15) is 8.42 Å². The van der Waals surface area contributed by atoms with Crippen molar-refractivity contribution in [2.45, 2.75) is 6.92 Å². The van der Waals surface area contributed by atoms with E-state index in [2.05, 4.69) is 19.1 Å². The van der Waals surface area contributed by atoms with Crippen LogP contribution >= 0.6 is 0 Å². The molecule has 0 amide bonds. The standard InChI is InChI=1S/C7H8.K.H2O4S.H/c1-7-5-3-2-4-6-7;;1-5(2,3)4;/h2-6H,1H3;;(H2,1,2,3,4);. The van der Waals surface area contributed by atoms with E-state index in [0.717, 1.165) is 0 Å². The van der Waals surface area contributed by atoms with Crippen molar-refractivity contribution in [1.29, 1.82) is 0 Å². The van der Waals surface area contributed by atoms with Crippen LogP contribution in [0.1, 0.15) is 5.56 Å². The fourth-order valence-corrected chi connectivity index (χ4v) is 0.534. The van der Waals surface area contributed by atoms with Gasteiger partial charge in [-0.3, -0.25) is 9.11 Å². The Hall–Kier alpha value is 0.726. The molecule has 70 valence electrons. The molecule has 0 unspecified atom stereocenters. The summed E-state index contributed by atoms with van der Waals surface area (Å²) in [6, 6.07) is 10.3. The fraction of sp³-hybridized carbons (Fsp3) is 0.143. The molecular weight excluding hydrogens is 219 g/mol. The SMILES string of the molecule is Cc1ccccc1.O=S(=O)(O)O.[KH]. The quantitative estimate of drug-likeness (QED) is 0.508. The van der Waals surface area contributed by atoms with Crippen LogP contribution < -0.4 is 0 Å². The van der Waals surface area contributed by atoms with Crippen molar-refractivity contribution in [3.8, 4) is 0 Å². The Morgan fingerprint density at radius 3 is 1.54 bits per heavy atom. The molecule has 0 radical (unpaired) electrons. The van der Waals surface area contributed by atoms with Gasteiger partial charge < -0.3 is 0 Å². The number of rotatable bonds is 0. The van der Waals surface area contributed by atoms with E-state index in [0.29, 0.717) is 0 Å². The van der Waals surface area contributed by atoms with Gasteiger partial charge in [0.15, 0.2) is 0 Å². The summed E-state index contributed by atoms with van der Waals surface area (Å²) in [4.78, 5) is 0. The average molecular weight is 230 g/mol. The summed E-state index contributed by atoms with van der Waals surface area (Å²) in [5.41, 5.74) is 1.32. The summed E-state index contributed by atoms with van der Waals surface area (Å²) in [7, 11) is -4.67. The minimum absolute atomic E-state index is 0. The second-order valence-electron chi connectivity index (χ2n) is 2.10. The third kappa shape index (κ3) is 19.2. The minimum atomic E-state index is -4.67. The summed E-state index contributed by atoms with van der Waals surface area (Å²) in [6.45, 7) is 2.08. The third-order valence-electron chi connectivity index (χ3n) is 0.940. The van der Waals surface area contributed by atoms with Gasteiger partial charge in [-0.1, -0.05) is 35.9 Å². The monoisotopic (exact) mass is 230 g/mol. The Morgan fingerprint density at radius 1 is 1.08 bits per heavy atom. The van der Waals surface area contributed by atoms with Crippen molar-refractivity contribution in [3.05, 3.63) is 35.9 Å². The molecule has 0 fully saturated rings. The first-order valence-electron chi connectivity index (χ1n) is 3.11. The molecule has 1 rings (SSSR count). The predicted octanol–water partition coefficient (Wildman–Crippen LogP) is 0.694. The molecule has 0 aromatic heterocycles. The summed E-state index contributed by atoms with van der Waals surface area (Å²) < 4.78 is 31.6. The summed E-state index contributed by atoms with van der Waals surface area (Å²) >= 11 is 0. The van der Waals surface area contributed by atoms with Gasteiger partial charge >= 0.3 is 61.8 Å². The number of hydrogen-bond donors (Lipinski definition) is 2. The van der Waals surface area contributed by atoms with E-state index in [1.54, 1.807) is 0 Å². The molecule has 1 aromatic carbocycles. The van der Waals surface area contributed by atoms with Gasteiger partial charge in [0.05, 0.1) is 0 Å². The maximum absolute atomic E-state index is 8.74. The first kappa shape index (κ1) is 16.2. The molecule has 0 spiro atoms. The first-order valence-corrected chi connectivity index (χ1v) is 4.51. The van der Waals surface area contributed by atoms with Crippen LogP contribution in [0.15, 0.2) is 30.3 Å². The molecule has 0 atom stereocenters. The van der Waals surface area contributed by atoms with Crippen molar-refractivity contribution in [2.24, 2.45) is 0 Å². The van der Waals surface area contributed by atoms with Crippen LogP contribution in [0.4, 0.5) is 0 Å². The van der Waals surface area contributed by atoms with Crippen LogP contribution in [-0.2, 0) is 10.4 Å². The molecule has 2 N–H and O–H groups in total. The summed E-state index contributed by atoms with van der Waals surface area (Å²) in [5, 5.41) is 0. The van der Waals surface area contributed by atoms with E-state index in [1.807, 2.05) is 18.2 Å².